The van der Waals surface area contributed by atoms with Crippen molar-refractivity contribution in [3.63, 3.8) is 0 Å². The molecule has 0 atom stereocenters. The maximum atomic E-state index is 11.9. The number of nitrogens with zero attached hydrogens (tertiary/aromatic N) is 2. The van der Waals surface area contributed by atoms with Gasteiger partial charge in [-0.2, -0.15) is 0 Å². The Hall–Kier alpha value is -1.88. The Balaban J connectivity index is 2.46. The van der Waals surface area contributed by atoms with Gasteiger partial charge in [0.25, 0.3) is 0 Å². The van der Waals surface area contributed by atoms with Gasteiger partial charge in [-0.15, -0.1) is 0 Å². The van der Waals surface area contributed by atoms with Gasteiger partial charge in [0.2, 0.25) is 11.8 Å². The molecule has 0 aliphatic carbocycles. The minimum absolute atomic E-state index is 0.0569. The molecule has 0 aliphatic heterocycles. The number of benzene rings is 1. The molecular formula is C15H23N3O2. The molecule has 0 unspecified atom stereocenters. The third kappa shape index (κ3) is 5.84. The first kappa shape index (κ1) is 16.2. The van der Waals surface area contributed by atoms with Crippen LogP contribution < -0.4 is 10.2 Å². The highest BCUT2D eigenvalue weighted by atomic mass is 16.2. The minimum atomic E-state index is -0.139. The van der Waals surface area contributed by atoms with Crippen LogP contribution in [0.2, 0.25) is 0 Å². The van der Waals surface area contributed by atoms with E-state index in [0.29, 0.717) is 6.54 Å². The highest BCUT2D eigenvalue weighted by Crippen LogP contribution is 2.12. The van der Waals surface area contributed by atoms with E-state index >= 15 is 0 Å². The zero-order chi connectivity index (χ0) is 15.0. The van der Waals surface area contributed by atoms with Crippen LogP contribution in [-0.2, 0) is 9.59 Å². The summed E-state index contributed by atoms with van der Waals surface area (Å²) in [5, 5.41) is 2.83. The Morgan fingerprint density at radius 2 is 1.80 bits per heavy atom. The summed E-state index contributed by atoms with van der Waals surface area (Å²) in [5.41, 5.74) is 0.739. The maximum absolute atomic E-state index is 11.9. The van der Waals surface area contributed by atoms with Gasteiger partial charge in [-0.1, -0.05) is 18.2 Å². The van der Waals surface area contributed by atoms with Crippen LogP contribution in [0.15, 0.2) is 30.3 Å². The quantitative estimate of drug-likeness (QED) is 0.760. The molecule has 5 heteroatoms. The predicted molar refractivity (Wildman–Crippen MR) is 80.6 cm³/mol. The van der Waals surface area contributed by atoms with Crippen molar-refractivity contribution in [3.8, 4) is 0 Å². The van der Waals surface area contributed by atoms with E-state index in [2.05, 4.69) is 10.2 Å². The van der Waals surface area contributed by atoms with E-state index in [1.807, 2.05) is 44.4 Å². The van der Waals surface area contributed by atoms with Gasteiger partial charge in [0, 0.05) is 19.2 Å². The normalized spacial score (nSPS) is 10.4. The summed E-state index contributed by atoms with van der Waals surface area (Å²) in [6.07, 6.45) is 0.893. The molecule has 1 N–H and O–H groups in total. The van der Waals surface area contributed by atoms with Crippen LogP contribution in [0.3, 0.4) is 0 Å². The van der Waals surface area contributed by atoms with Gasteiger partial charge in [-0.25, -0.2) is 0 Å². The summed E-state index contributed by atoms with van der Waals surface area (Å²) in [7, 11) is 3.99. The third-order valence-electron chi connectivity index (χ3n) is 2.85. The Morgan fingerprint density at radius 1 is 1.15 bits per heavy atom. The molecule has 0 fully saturated rings. The maximum Gasteiger partial charge on any atom is 0.240 e. The van der Waals surface area contributed by atoms with E-state index in [0.717, 1.165) is 18.7 Å². The minimum Gasteiger partial charge on any atom is -0.355 e. The van der Waals surface area contributed by atoms with E-state index < -0.39 is 0 Å². The molecule has 0 heterocycles. The number of carbonyl (C=O) groups excluding carboxylic acids is 2. The van der Waals surface area contributed by atoms with Crippen molar-refractivity contribution >= 4 is 17.5 Å². The highest BCUT2D eigenvalue weighted by molar-refractivity contribution is 5.97. The van der Waals surface area contributed by atoms with Crippen molar-refractivity contribution in [3.05, 3.63) is 30.3 Å². The van der Waals surface area contributed by atoms with Gasteiger partial charge in [0.1, 0.15) is 6.54 Å². The summed E-state index contributed by atoms with van der Waals surface area (Å²) in [5.74, 6) is -0.276. The first-order valence-electron chi connectivity index (χ1n) is 6.75. The fraction of sp³-hybridized carbons (Fsp3) is 0.467. The number of rotatable bonds is 7. The Kier molecular flexibility index (Phi) is 6.73. The number of anilines is 1. The van der Waals surface area contributed by atoms with E-state index in [1.54, 1.807) is 0 Å². The van der Waals surface area contributed by atoms with Crippen molar-refractivity contribution in [2.45, 2.75) is 13.3 Å². The second kappa shape index (κ2) is 8.32. The summed E-state index contributed by atoms with van der Waals surface area (Å²) in [6, 6.07) is 9.21. The lowest BCUT2D eigenvalue weighted by atomic mass is 10.3. The number of para-hydroxylation sites is 1. The van der Waals surface area contributed by atoms with Crippen molar-refractivity contribution in [1.82, 2.24) is 10.2 Å². The zero-order valence-electron chi connectivity index (χ0n) is 12.4. The largest absolute Gasteiger partial charge is 0.355 e. The van der Waals surface area contributed by atoms with Crippen molar-refractivity contribution in [1.29, 1.82) is 0 Å². The van der Waals surface area contributed by atoms with Gasteiger partial charge >= 0.3 is 0 Å². The molecule has 0 spiro atoms. The molecule has 0 aliphatic rings. The first-order valence-corrected chi connectivity index (χ1v) is 6.75. The van der Waals surface area contributed by atoms with Crippen LogP contribution in [0, 0.1) is 0 Å². The topological polar surface area (TPSA) is 52.7 Å². The SMILES string of the molecule is CC(=O)N(CC(=O)NCCCN(C)C)c1ccccc1. The van der Waals surface area contributed by atoms with Gasteiger partial charge in [0.05, 0.1) is 0 Å². The monoisotopic (exact) mass is 277 g/mol. The second-order valence-electron chi connectivity index (χ2n) is 4.95. The van der Waals surface area contributed by atoms with Crippen LogP contribution in [0.1, 0.15) is 13.3 Å². The van der Waals surface area contributed by atoms with E-state index in [-0.39, 0.29) is 18.4 Å². The van der Waals surface area contributed by atoms with Crippen LogP contribution in [0.4, 0.5) is 5.69 Å². The van der Waals surface area contributed by atoms with Crippen molar-refractivity contribution < 1.29 is 9.59 Å². The number of hydrogen-bond donors (Lipinski definition) is 1. The number of amides is 2. The lowest BCUT2D eigenvalue weighted by molar-refractivity contribution is -0.123. The Labute approximate surface area is 120 Å². The summed E-state index contributed by atoms with van der Waals surface area (Å²) in [6.45, 7) is 3.07. The molecule has 1 aromatic carbocycles. The molecule has 1 aromatic rings. The Morgan fingerprint density at radius 3 is 2.35 bits per heavy atom. The van der Waals surface area contributed by atoms with E-state index in [1.165, 1.54) is 11.8 Å². The molecule has 0 radical (unpaired) electrons. The zero-order valence-corrected chi connectivity index (χ0v) is 12.4. The standard InChI is InChI=1S/C15H23N3O2/c1-13(19)18(14-8-5-4-6-9-14)12-15(20)16-10-7-11-17(2)3/h4-6,8-9H,7,10-12H2,1-3H3,(H,16,20). The summed E-state index contributed by atoms with van der Waals surface area (Å²) in [4.78, 5) is 27.0. The molecule has 110 valence electrons. The summed E-state index contributed by atoms with van der Waals surface area (Å²) < 4.78 is 0. The molecule has 0 saturated carbocycles. The van der Waals surface area contributed by atoms with Gasteiger partial charge < -0.3 is 15.1 Å². The fourth-order valence-electron chi connectivity index (χ4n) is 1.81. The van der Waals surface area contributed by atoms with E-state index in [9.17, 15) is 9.59 Å². The third-order valence-corrected chi connectivity index (χ3v) is 2.85. The lowest BCUT2D eigenvalue weighted by Crippen LogP contribution is -2.40. The molecule has 2 amide bonds. The fourth-order valence-corrected chi connectivity index (χ4v) is 1.81. The molecule has 0 bridgehead atoms. The molecule has 0 saturated heterocycles. The molecular weight excluding hydrogens is 254 g/mol. The number of carbonyl (C=O) groups is 2. The first-order chi connectivity index (χ1) is 9.50. The van der Waals surface area contributed by atoms with Gasteiger partial charge in [0.15, 0.2) is 0 Å². The van der Waals surface area contributed by atoms with Crippen LogP contribution in [-0.4, -0.2) is 50.4 Å². The average Bonchev–Trinajstić information content (AvgIpc) is 2.41. The molecule has 0 aromatic heterocycles. The highest BCUT2D eigenvalue weighted by Gasteiger charge is 2.14. The van der Waals surface area contributed by atoms with Gasteiger partial charge in [-0.3, -0.25) is 9.59 Å². The van der Waals surface area contributed by atoms with E-state index in [4.69, 9.17) is 0 Å². The lowest BCUT2D eigenvalue weighted by Gasteiger charge is -2.20. The van der Waals surface area contributed by atoms with Crippen LogP contribution in [0.5, 0.6) is 0 Å². The molecule has 20 heavy (non-hydrogen) atoms. The number of hydrogen-bond acceptors (Lipinski definition) is 3. The smallest absolute Gasteiger partial charge is 0.240 e. The second-order valence-corrected chi connectivity index (χ2v) is 4.95. The van der Waals surface area contributed by atoms with Gasteiger partial charge in [-0.05, 0) is 39.2 Å². The Bertz CT molecular complexity index is 432. The molecule has 1 rings (SSSR count). The van der Waals surface area contributed by atoms with Crippen molar-refractivity contribution in [2.75, 3.05) is 38.6 Å². The summed E-state index contributed by atoms with van der Waals surface area (Å²) >= 11 is 0. The van der Waals surface area contributed by atoms with Crippen molar-refractivity contribution in [2.24, 2.45) is 0 Å². The number of nitrogens with one attached hydrogen (secondary N) is 1. The average molecular weight is 277 g/mol. The predicted octanol–water partition coefficient (Wildman–Crippen LogP) is 1.11. The van der Waals surface area contributed by atoms with Crippen LogP contribution >= 0.6 is 0 Å². The van der Waals surface area contributed by atoms with Crippen LogP contribution in [0.25, 0.3) is 0 Å². The molecule has 5 nitrogen and oxygen atoms in total.